The lowest BCUT2D eigenvalue weighted by molar-refractivity contribution is -0.115. The zero-order valence-electron chi connectivity index (χ0n) is 14.8. The van der Waals surface area contributed by atoms with Crippen molar-refractivity contribution < 1.29 is 13.2 Å². The van der Waals surface area contributed by atoms with E-state index in [1.807, 2.05) is 72.8 Å². The predicted molar refractivity (Wildman–Crippen MR) is 113 cm³/mol. The SMILES string of the molecule is O=C1NS(=O)(=O)N(Cc2ccccc2)C(Cc2cccc3ccccc23)=C1Br. The Bertz CT molecular complexity index is 1190. The van der Waals surface area contributed by atoms with Gasteiger partial charge in [-0.25, -0.2) is 4.72 Å². The van der Waals surface area contributed by atoms with Crippen molar-refractivity contribution in [3.8, 4) is 0 Å². The molecule has 0 aromatic heterocycles. The molecule has 1 aliphatic heterocycles. The highest BCUT2D eigenvalue weighted by Gasteiger charge is 2.35. The van der Waals surface area contributed by atoms with Gasteiger partial charge >= 0.3 is 10.2 Å². The lowest BCUT2D eigenvalue weighted by atomic mass is 10.0. The highest BCUT2D eigenvalue weighted by atomic mass is 79.9. The van der Waals surface area contributed by atoms with E-state index in [4.69, 9.17) is 0 Å². The summed E-state index contributed by atoms with van der Waals surface area (Å²) in [5.41, 5.74) is 2.20. The molecule has 5 nitrogen and oxygen atoms in total. The van der Waals surface area contributed by atoms with Crippen LogP contribution in [0.4, 0.5) is 0 Å². The van der Waals surface area contributed by atoms with Gasteiger partial charge in [-0.05, 0) is 37.8 Å². The van der Waals surface area contributed by atoms with Crippen molar-refractivity contribution in [3.05, 3.63) is 94.1 Å². The predicted octanol–water partition coefficient (Wildman–Crippen LogP) is 3.87. The molecule has 1 aliphatic rings. The van der Waals surface area contributed by atoms with Gasteiger partial charge in [-0.15, -0.1) is 0 Å². The molecule has 0 aliphatic carbocycles. The second kappa shape index (κ2) is 7.41. The Labute approximate surface area is 172 Å². The lowest BCUT2D eigenvalue weighted by Gasteiger charge is -2.31. The molecule has 0 saturated carbocycles. The Morgan fingerprint density at radius 3 is 2.36 bits per heavy atom. The largest absolute Gasteiger partial charge is 0.326 e. The molecule has 0 saturated heterocycles. The molecule has 0 spiro atoms. The first-order chi connectivity index (χ1) is 13.5. The first-order valence-electron chi connectivity index (χ1n) is 8.70. The first kappa shape index (κ1) is 18.7. The third-order valence-corrected chi connectivity index (χ3v) is 6.86. The molecule has 0 unspecified atom stereocenters. The molecule has 3 aromatic carbocycles. The van der Waals surface area contributed by atoms with Gasteiger partial charge in [0.1, 0.15) is 4.48 Å². The lowest BCUT2D eigenvalue weighted by Crippen LogP contribution is -2.48. The van der Waals surface area contributed by atoms with Crippen LogP contribution in [0.1, 0.15) is 11.1 Å². The van der Waals surface area contributed by atoms with E-state index < -0.39 is 16.1 Å². The van der Waals surface area contributed by atoms with Gasteiger partial charge < -0.3 is 0 Å². The normalized spacial score (nSPS) is 16.3. The summed E-state index contributed by atoms with van der Waals surface area (Å²) in [4.78, 5) is 12.3. The van der Waals surface area contributed by atoms with Crippen molar-refractivity contribution in [1.29, 1.82) is 0 Å². The second-order valence-electron chi connectivity index (χ2n) is 6.50. The number of nitrogens with zero attached hydrogens (tertiary/aromatic N) is 1. The maximum atomic E-state index is 12.7. The van der Waals surface area contributed by atoms with Crippen LogP contribution in [-0.4, -0.2) is 18.6 Å². The number of halogens is 1. The van der Waals surface area contributed by atoms with E-state index >= 15 is 0 Å². The fourth-order valence-electron chi connectivity index (χ4n) is 3.33. The second-order valence-corrected chi connectivity index (χ2v) is 8.89. The summed E-state index contributed by atoms with van der Waals surface area (Å²) in [5.74, 6) is -0.653. The molecule has 142 valence electrons. The third-order valence-electron chi connectivity index (χ3n) is 4.67. The van der Waals surface area contributed by atoms with Crippen molar-refractivity contribution in [2.75, 3.05) is 0 Å². The molecule has 0 bridgehead atoms. The van der Waals surface area contributed by atoms with E-state index in [0.29, 0.717) is 12.1 Å². The number of rotatable bonds is 4. The third kappa shape index (κ3) is 3.55. The molecule has 0 radical (unpaired) electrons. The maximum absolute atomic E-state index is 12.7. The number of amides is 1. The number of carbonyl (C=O) groups is 1. The minimum Gasteiger partial charge on any atom is -0.267 e. The van der Waals surface area contributed by atoms with Crippen LogP contribution in [0, 0.1) is 0 Å². The smallest absolute Gasteiger partial charge is 0.267 e. The van der Waals surface area contributed by atoms with E-state index in [1.54, 1.807) is 0 Å². The monoisotopic (exact) mass is 456 g/mol. The molecule has 28 heavy (non-hydrogen) atoms. The molecule has 1 amide bonds. The van der Waals surface area contributed by atoms with Crippen molar-refractivity contribution in [2.24, 2.45) is 0 Å². The van der Waals surface area contributed by atoms with Crippen LogP contribution in [0.2, 0.25) is 0 Å². The average molecular weight is 457 g/mol. The molecule has 3 aromatic rings. The number of benzene rings is 3. The Morgan fingerprint density at radius 1 is 0.893 bits per heavy atom. The molecule has 1 N–H and O–H groups in total. The molecule has 0 fully saturated rings. The molecule has 1 heterocycles. The number of allylic oxidation sites excluding steroid dienone is 1. The van der Waals surface area contributed by atoms with Crippen LogP contribution in [-0.2, 0) is 28.0 Å². The minimum absolute atomic E-state index is 0.138. The number of nitrogens with one attached hydrogen (secondary N) is 1. The van der Waals surface area contributed by atoms with E-state index in [1.165, 1.54) is 4.31 Å². The number of fused-ring (bicyclic) bond motifs is 1. The summed E-state index contributed by atoms with van der Waals surface area (Å²) in [6, 6.07) is 23.1. The van der Waals surface area contributed by atoms with Crippen LogP contribution in [0.5, 0.6) is 0 Å². The van der Waals surface area contributed by atoms with Crippen molar-refractivity contribution in [2.45, 2.75) is 13.0 Å². The summed E-state index contributed by atoms with van der Waals surface area (Å²) in [6.45, 7) is 0.138. The van der Waals surface area contributed by atoms with Gasteiger partial charge in [-0.3, -0.25) is 9.10 Å². The van der Waals surface area contributed by atoms with Crippen LogP contribution >= 0.6 is 15.9 Å². The molecule has 4 rings (SSSR count). The van der Waals surface area contributed by atoms with E-state index in [9.17, 15) is 13.2 Å². The Morgan fingerprint density at radius 2 is 1.57 bits per heavy atom. The highest BCUT2D eigenvalue weighted by molar-refractivity contribution is 9.12. The topological polar surface area (TPSA) is 66.5 Å². The summed E-state index contributed by atoms with van der Waals surface area (Å²) >= 11 is 3.31. The van der Waals surface area contributed by atoms with Crippen LogP contribution < -0.4 is 4.72 Å². The molecule has 7 heteroatoms. The van der Waals surface area contributed by atoms with E-state index in [-0.39, 0.29) is 11.0 Å². The van der Waals surface area contributed by atoms with Gasteiger partial charge in [0.05, 0.1) is 12.2 Å². The van der Waals surface area contributed by atoms with Gasteiger partial charge in [0.2, 0.25) is 0 Å². The average Bonchev–Trinajstić information content (AvgIpc) is 2.69. The summed E-state index contributed by atoms with van der Waals surface area (Å²) in [5, 5.41) is 2.09. The fraction of sp³-hybridized carbons (Fsp3) is 0.0952. The summed E-state index contributed by atoms with van der Waals surface area (Å²) < 4.78 is 29.1. The van der Waals surface area contributed by atoms with Crippen LogP contribution in [0.15, 0.2) is 83.0 Å². The van der Waals surface area contributed by atoms with E-state index in [2.05, 4.69) is 20.7 Å². The minimum atomic E-state index is -3.98. The van der Waals surface area contributed by atoms with Gasteiger partial charge in [-0.2, -0.15) is 8.42 Å². The van der Waals surface area contributed by atoms with Crippen LogP contribution in [0.25, 0.3) is 10.8 Å². The number of hydrogen-bond acceptors (Lipinski definition) is 3. The Balaban J connectivity index is 1.80. The van der Waals surface area contributed by atoms with Crippen molar-refractivity contribution >= 4 is 42.8 Å². The number of carbonyl (C=O) groups excluding carboxylic acids is 1. The quantitative estimate of drug-likeness (QED) is 0.647. The highest BCUT2D eigenvalue weighted by Crippen LogP contribution is 2.31. The van der Waals surface area contributed by atoms with Gasteiger partial charge in [0, 0.05) is 6.42 Å². The van der Waals surface area contributed by atoms with Gasteiger partial charge in [0.25, 0.3) is 5.91 Å². The summed E-state index contributed by atoms with van der Waals surface area (Å²) in [6.07, 6.45) is 0.307. The Kier molecular flexibility index (Phi) is 4.95. The zero-order chi connectivity index (χ0) is 19.7. The molecule has 0 atom stereocenters. The Hall–Kier alpha value is -2.64. The number of hydrogen-bond donors (Lipinski definition) is 1. The fourth-order valence-corrected chi connectivity index (χ4v) is 5.24. The van der Waals surface area contributed by atoms with Crippen LogP contribution in [0.3, 0.4) is 0 Å². The first-order valence-corrected chi connectivity index (χ1v) is 10.9. The van der Waals surface area contributed by atoms with Gasteiger partial charge in [0.15, 0.2) is 0 Å². The van der Waals surface area contributed by atoms with Crippen molar-refractivity contribution in [3.63, 3.8) is 0 Å². The van der Waals surface area contributed by atoms with Gasteiger partial charge in [-0.1, -0.05) is 72.8 Å². The molecular formula is C21H17BrN2O3S. The maximum Gasteiger partial charge on any atom is 0.326 e. The zero-order valence-corrected chi connectivity index (χ0v) is 17.2. The standard InChI is InChI=1S/C21H17BrN2O3S/c22-20-19(13-17-11-6-10-16-9-4-5-12-18(16)17)24(28(26,27)23-21(20)25)14-15-7-2-1-3-8-15/h1-12H,13-14H2,(H,23,25). The van der Waals surface area contributed by atoms with E-state index in [0.717, 1.165) is 21.9 Å². The molecular weight excluding hydrogens is 440 g/mol. The summed E-state index contributed by atoms with van der Waals surface area (Å²) in [7, 11) is -3.98. The van der Waals surface area contributed by atoms with Crippen molar-refractivity contribution in [1.82, 2.24) is 9.03 Å².